The lowest BCUT2D eigenvalue weighted by Gasteiger charge is -2.40. The number of ether oxygens (including phenoxy) is 1. The van der Waals surface area contributed by atoms with Gasteiger partial charge < -0.3 is 14.2 Å². The second-order valence-corrected chi connectivity index (χ2v) is 9.88. The number of hydrogen-bond acceptors (Lipinski definition) is 6. The summed E-state index contributed by atoms with van der Waals surface area (Å²) in [4.78, 5) is 22.2. The summed E-state index contributed by atoms with van der Waals surface area (Å²) in [6, 6.07) is 16.2. The van der Waals surface area contributed by atoms with Crippen LogP contribution in [0.1, 0.15) is 42.7 Å². The van der Waals surface area contributed by atoms with Gasteiger partial charge in [0.2, 0.25) is 11.7 Å². The number of aromatic nitrogens is 2. The Bertz CT molecular complexity index is 1270. The molecule has 7 nitrogen and oxygen atoms in total. The number of carbonyl (C=O) groups is 1. The molecular formula is C28H30N4O3. The van der Waals surface area contributed by atoms with Gasteiger partial charge in [0.1, 0.15) is 5.75 Å². The highest BCUT2D eigenvalue weighted by Crippen LogP contribution is 2.48. The van der Waals surface area contributed by atoms with E-state index < -0.39 is 0 Å². The van der Waals surface area contributed by atoms with Crippen LogP contribution in [-0.2, 0) is 10.2 Å². The van der Waals surface area contributed by atoms with Crippen LogP contribution >= 0.6 is 0 Å². The maximum atomic E-state index is 13.2. The minimum Gasteiger partial charge on any atom is -0.497 e. The topological polar surface area (TPSA) is 71.7 Å². The van der Waals surface area contributed by atoms with Gasteiger partial charge in [-0.2, -0.15) is 4.98 Å². The molecule has 3 aromatic rings. The van der Waals surface area contributed by atoms with Crippen molar-refractivity contribution in [3.8, 4) is 17.1 Å². The van der Waals surface area contributed by atoms with Crippen molar-refractivity contribution in [2.75, 3.05) is 33.8 Å². The number of hydrogen-bond donors (Lipinski definition) is 0. The lowest BCUT2D eigenvalue weighted by molar-refractivity contribution is -0.137. The fourth-order valence-corrected chi connectivity index (χ4v) is 5.92. The van der Waals surface area contributed by atoms with Crippen molar-refractivity contribution in [1.29, 1.82) is 0 Å². The van der Waals surface area contributed by atoms with Gasteiger partial charge in [-0.1, -0.05) is 35.5 Å². The van der Waals surface area contributed by atoms with Crippen LogP contribution in [0.3, 0.4) is 0 Å². The highest BCUT2D eigenvalue weighted by atomic mass is 16.5. The molecule has 2 saturated heterocycles. The highest BCUT2D eigenvalue weighted by molar-refractivity contribution is 5.85. The van der Waals surface area contributed by atoms with Crippen molar-refractivity contribution in [2.45, 2.75) is 37.1 Å². The van der Waals surface area contributed by atoms with Gasteiger partial charge in [-0.15, -0.1) is 0 Å². The lowest BCUT2D eigenvalue weighted by atomic mass is 9.74. The first kappa shape index (κ1) is 22.0. The van der Waals surface area contributed by atoms with E-state index in [0.29, 0.717) is 11.7 Å². The van der Waals surface area contributed by atoms with Crippen molar-refractivity contribution in [2.24, 2.45) is 0 Å². The molecule has 1 spiro atoms. The van der Waals surface area contributed by atoms with Gasteiger partial charge in [0.25, 0.3) is 5.89 Å². The second kappa shape index (κ2) is 8.64. The molecule has 3 heterocycles. The number of rotatable bonds is 4. The maximum absolute atomic E-state index is 13.2. The van der Waals surface area contributed by atoms with Crippen molar-refractivity contribution < 1.29 is 14.1 Å². The average molecular weight is 471 g/mol. The Balaban J connectivity index is 1.27. The number of methoxy groups -OCH3 is 1. The molecule has 1 aliphatic carbocycles. The van der Waals surface area contributed by atoms with E-state index in [1.165, 1.54) is 5.56 Å². The molecule has 0 radical (unpaired) electrons. The number of amides is 1. The van der Waals surface area contributed by atoms with Crippen LogP contribution in [0.15, 0.2) is 59.1 Å². The van der Waals surface area contributed by atoms with Crippen LogP contribution in [-0.4, -0.2) is 65.7 Å². The summed E-state index contributed by atoms with van der Waals surface area (Å²) < 4.78 is 11.0. The fourth-order valence-electron chi connectivity index (χ4n) is 5.92. The van der Waals surface area contributed by atoms with E-state index in [9.17, 15) is 4.79 Å². The first-order valence-electron chi connectivity index (χ1n) is 12.4. The van der Waals surface area contributed by atoms with Crippen molar-refractivity contribution >= 4 is 11.5 Å². The van der Waals surface area contributed by atoms with Gasteiger partial charge in [-0.05, 0) is 74.7 Å². The molecule has 7 heteroatoms. The predicted molar refractivity (Wildman–Crippen MR) is 133 cm³/mol. The van der Waals surface area contributed by atoms with Crippen LogP contribution in [0.4, 0.5) is 0 Å². The van der Waals surface area contributed by atoms with Gasteiger partial charge in [-0.3, -0.25) is 9.69 Å². The zero-order valence-electron chi connectivity index (χ0n) is 20.2. The first-order chi connectivity index (χ1) is 17.1. The molecule has 35 heavy (non-hydrogen) atoms. The third kappa shape index (κ3) is 3.74. The summed E-state index contributed by atoms with van der Waals surface area (Å²) in [6.07, 6.45) is 6.18. The van der Waals surface area contributed by atoms with Crippen LogP contribution in [0.2, 0.25) is 0 Å². The summed E-state index contributed by atoms with van der Waals surface area (Å²) in [6.45, 7) is 2.54. The number of likely N-dealkylation sites (N-methyl/N-ethyl adjacent to an activating group) is 1. The minimum atomic E-state index is -0.112. The third-order valence-corrected chi connectivity index (χ3v) is 7.95. The molecule has 0 unspecified atom stereocenters. The van der Waals surface area contributed by atoms with E-state index in [-0.39, 0.29) is 17.4 Å². The SMILES string of the molecule is COc1ccc(-c2noc(C3=CC4(CCN(C(=O)[C@H]5CCCN5C)CC4)c4ccccc43)n2)cc1. The summed E-state index contributed by atoms with van der Waals surface area (Å²) in [5.41, 5.74) is 4.20. The number of allylic oxidation sites excluding steroid dienone is 1. The zero-order chi connectivity index (χ0) is 24.0. The molecule has 3 aliphatic rings. The van der Waals surface area contributed by atoms with Crippen LogP contribution in [0.5, 0.6) is 5.75 Å². The van der Waals surface area contributed by atoms with Crippen LogP contribution in [0, 0.1) is 0 Å². The molecule has 1 atom stereocenters. The van der Waals surface area contributed by atoms with Gasteiger partial charge in [-0.25, -0.2) is 0 Å². The minimum absolute atomic E-state index is 0.0424. The average Bonchev–Trinajstić information content (AvgIpc) is 3.63. The molecule has 1 aromatic heterocycles. The van der Waals surface area contributed by atoms with E-state index in [0.717, 1.165) is 67.8 Å². The number of benzene rings is 2. The summed E-state index contributed by atoms with van der Waals surface area (Å²) in [7, 11) is 3.71. The Labute approximate surface area is 205 Å². The Morgan fingerprint density at radius 2 is 1.86 bits per heavy atom. The fraction of sp³-hybridized carbons (Fsp3) is 0.393. The van der Waals surface area contributed by atoms with Crippen molar-refractivity contribution in [3.63, 3.8) is 0 Å². The smallest absolute Gasteiger partial charge is 0.258 e. The summed E-state index contributed by atoms with van der Waals surface area (Å²) >= 11 is 0. The zero-order valence-corrected chi connectivity index (χ0v) is 20.2. The van der Waals surface area contributed by atoms with E-state index in [4.69, 9.17) is 14.2 Å². The van der Waals surface area contributed by atoms with Gasteiger partial charge in [0.15, 0.2) is 0 Å². The first-order valence-corrected chi connectivity index (χ1v) is 12.4. The van der Waals surface area contributed by atoms with Crippen LogP contribution in [0.25, 0.3) is 17.0 Å². The maximum Gasteiger partial charge on any atom is 0.258 e. The molecule has 1 amide bonds. The molecule has 0 bridgehead atoms. The molecule has 180 valence electrons. The normalized spacial score (nSPS) is 21.3. The van der Waals surface area contributed by atoms with Crippen LogP contribution < -0.4 is 4.74 Å². The van der Waals surface area contributed by atoms with Gasteiger partial charge in [0.05, 0.1) is 13.2 Å². The van der Waals surface area contributed by atoms with E-state index in [1.54, 1.807) is 7.11 Å². The van der Waals surface area contributed by atoms with Crippen molar-refractivity contribution in [1.82, 2.24) is 19.9 Å². The Morgan fingerprint density at radius 3 is 2.57 bits per heavy atom. The van der Waals surface area contributed by atoms with Gasteiger partial charge in [0, 0.05) is 29.6 Å². The Morgan fingerprint density at radius 1 is 1.09 bits per heavy atom. The number of likely N-dealkylation sites (tertiary alicyclic amines) is 2. The monoisotopic (exact) mass is 470 g/mol. The summed E-state index contributed by atoms with van der Waals surface area (Å²) in [5.74, 6) is 2.17. The number of carbonyl (C=O) groups excluding carboxylic acids is 1. The molecular weight excluding hydrogens is 440 g/mol. The summed E-state index contributed by atoms with van der Waals surface area (Å²) in [5, 5.41) is 4.25. The molecule has 2 fully saturated rings. The molecule has 0 saturated carbocycles. The van der Waals surface area contributed by atoms with E-state index >= 15 is 0 Å². The standard InChI is InChI=1S/C28H30N4O3/c1-31-15-5-8-24(31)27(33)32-16-13-28(14-17-32)18-22(21-6-3-4-7-23(21)28)26-29-25(30-35-26)19-9-11-20(34-2)12-10-19/h3-4,6-7,9-12,18,24H,5,8,13-17H2,1-2H3/t24-/m1/s1. The molecule has 6 rings (SSSR count). The quantitative estimate of drug-likeness (QED) is 0.571. The van der Waals surface area contributed by atoms with Gasteiger partial charge >= 0.3 is 0 Å². The highest BCUT2D eigenvalue weighted by Gasteiger charge is 2.44. The molecule has 2 aromatic carbocycles. The number of fused-ring (bicyclic) bond motifs is 2. The Kier molecular flexibility index (Phi) is 5.44. The number of nitrogens with zero attached hydrogens (tertiary/aromatic N) is 4. The molecule has 0 N–H and O–H groups in total. The van der Waals surface area contributed by atoms with Crippen molar-refractivity contribution in [3.05, 3.63) is 71.6 Å². The number of piperidine rings is 1. The predicted octanol–water partition coefficient (Wildman–Crippen LogP) is 4.14. The van der Waals surface area contributed by atoms with E-state index in [2.05, 4.69) is 52.3 Å². The largest absolute Gasteiger partial charge is 0.497 e. The lowest BCUT2D eigenvalue weighted by Crippen LogP contribution is -2.50. The molecule has 2 aliphatic heterocycles. The second-order valence-electron chi connectivity index (χ2n) is 9.88. The third-order valence-electron chi connectivity index (χ3n) is 7.95. The van der Waals surface area contributed by atoms with E-state index in [1.807, 2.05) is 24.3 Å². The Hall–Kier alpha value is -3.45.